The Labute approximate surface area is 196 Å². The number of piperazine rings is 1. The van der Waals surface area contributed by atoms with Gasteiger partial charge in [0.25, 0.3) is 5.91 Å². The van der Waals surface area contributed by atoms with E-state index in [-0.39, 0.29) is 11.9 Å². The number of carbonyl (C=O) groups excluding carboxylic acids is 2. The van der Waals surface area contributed by atoms with Crippen molar-refractivity contribution in [1.29, 1.82) is 0 Å². The van der Waals surface area contributed by atoms with Gasteiger partial charge in [0.05, 0.1) is 0 Å². The quantitative estimate of drug-likeness (QED) is 0.783. The molecule has 1 amide bonds. The number of nitrogens with zero attached hydrogens (tertiary/aromatic N) is 3. The van der Waals surface area contributed by atoms with E-state index in [0.29, 0.717) is 24.2 Å². The summed E-state index contributed by atoms with van der Waals surface area (Å²) in [6.45, 7) is 5.83. The van der Waals surface area contributed by atoms with Gasteiger partial charge in [0.2, 0.25) is 0 Å². The van der Waals surface area contributed by atoms with Crippen LogP contribution in [0.5, 0.6) is 0 Å². The molecule has 5 rings (SSSR count). The highest BCUT2D eigenvalue weighted by molar-refractivity contribution is 5.94. The number of benzene rings is 2. The molecule has 0 unspecified atom stereocenters. The van der Waals surface area contributed by atoms with Gasteiger partial charge in [-0.25, -0.2) is 0 Å². The molecule has 6 nitrogen and oxygen atoms in total. The molecule has 2 aromatic carbocycles. The fourth-order valence-electron chi connectivity index (χ4n) is 5.34. The van der Waals surface area contributed by atoms with E-state index in [2.05, 4.69) is 45.3 Å². The summed E-state index contributed by atoms with van der Waals surface area (Å²) in [4.78, 5) is 31.6. The van der Waals surface area contributed by atoms with Crippen molar-refractivity contribution in [2.24, 2.45) is 0 Å². The Kier molecular flexibility index (Phi) is 6.36. The molecule has 2 saturated heterocycles. The van der Waals surface area contributed by atoms with E-state index in [1.807, 2.05) is 24.3 Å². The first-order chi connectivity index (χ1) is 16.1. The first-order valence-corrected chi connectivity index (χ1v) is 12.3. The molecule has 174 valence electrons. The van der Waals surface area contributed by atoms with Gasteiger partial charge in [0.1, 0.15) is 5.78 Å². The maximum Gasteiger partial charge on any atom is 0.251 e. The predicted octanol–water partition coefficient (Wildman–Crippen LogP) is 2.90. The van der Waals surface area contributed by atoms with E-state index in [9.17, 15) is 9.59 Å². The number of ketones is 1. The Balaban J connectivity index is 1.23. The van der Waals surface area contributed by atoms with Crippen LogP contribution in [0.15, 0.2) is 42.5 Å². The van der Waals surface area contributed by atoms with Gasteiger partial charge in [-0.15, -0.1) is 0 Å². The van der Waals surface area contributed by atoms with E-state index >= 15 is 0 Å². The van der Waals surface area contributed by atoms with Gasteiger partial charge in [0.15, 0.2) is 0 Å². The van der Waals surface area contributed by atoms with Gasteiger partial charge < -0.3 is 20.0 Å². The Bertz CT molecular complexity index is 1000. The number of hydrogen-bond donors (Lipinski definition) is 1. The number of hydrogen-bond acceptors (Lipinski definition) is 5. The summed E-state index contributed by atoms with van der Waals surface area (Å²) in [5.74, 6) is 0.341. The van der Waals surface area contributed by atoms with E-state index in [1.165, 1.54) is 16.8 Å². The topological polar surface area (TPSA) is 55.9 Å². The average Bonchev–Trinajstić information content (AvgIpc) is 2.85. The maximum absolute atomic E-state index is 13.0. The fraction of sp³-hybridized carbons (Fsp3) is 0.481. The van der Waals surface area contributed by atoms with E-state index in [4.69, 9.17) is 0 Å². The summed E-state index contributed by atoms with van der Waals surface area (Å²) in [7, 11) is 2.18. The zero-order valence-electron chi connectivity index (χ0n) is 19.6. The van der Waals surface area contributed by atoms with Crippen molar-refractivity contribution in [2.45, 2.75) is 38.1 Å². The molecular formula is C27H34N4O2. The maximum atomic E-state index is 13.0. The molecule has 6 heteroatoms. The molecule has 0 saturated carbocycles. The highest BCUT2D eigenvalue weighted by Crippen LogP contribution is 2.31. The van der Waals surface area contributed by atoms with E-state index in [0.717, 1.165) is 64.2 Å². The number of anilines is 2. The standard InChI is InChI=1S/C27H34N4O2/c1-29-15-17-31(18-16-29)26-4-2-3-20-5-8-22(19-25(20)26)28-27(33)21-6-9-23(10-7-21)30-13-11-24(32)12-14-30/h2-4,6-7,9-10,22H,5,8,11-19H2,1H3,(H,28,33)/t22-/m1/s1. The highest BCUT2D eigenvalue weighted by atomic mass is 16.1. The van der Waals surface area contributed by atoms with Crippen LogP contribution in [-0.2, 0) is 17.6 Å². The van der Waals surface area contributed by atoms with Gasteiger partial charge in [0, 0.05) is 75.1 Å². The summed E-state index contributed by atoms with van der Waals surface area (Å²) in [5.41, 5.74) is 5.98. The van der Waals surface area contributed by atoms with Crippen LogP contribution in [-0.4, -0.2) is 68.9 Å². The van der Waals surface area contributed by atoms with Crippen molar-refractivity contribution in [3.63, 3.8) is 0 Å². The molecule has 0 aromatic heterocycles. The second-order valence-electron chi connectivity index (χ2n) is 9.69. The lowest BCUT2D eigenvalue weighted by atomic mass is 9.86. The molecule has 2 aliphatic heterocycles. The number of carbonyl (C=O) groups is 2. The van der Waals surface area contributed by atoms with Crippen LogP contribution < -0.4 is 15.1 Å². The number of Topliss-reactive ketones (excluding diaryl/α,β-unsaturated/α-hetero) is 1. The molecule has 0 radical (unpaired) electrons. The molecule has 2 heterocycles. The number of rotatable bonds is 4. The molecular weight excluding hydrogens is 412 g/mol. The molecule has 2 aromatic rings. The molecule has 1 atom stereocenters. The van der Waals surface area contributed by atoms with Crippen LogP contribution in [0.1, 0.15) is 40.7 Å². The summed E-state index contributed by atoms with van der Waals surface area (Å²) in [5, 5.41) is 3.29. The zero-order chi connectivity index (χ0) is 22.8. The Morgan fingerprint density at radius 3 is 2.33 bits per heavy atom. The van der Waals surface area contributed by atoms with Crippen LogP contribution >= 0.6 is 0 Å². The molecule has 1 aliphatic carbocycles. The molecule has 1 N–H and O–H groups in total. The van der Waals surface area contributed by atoms with E-state index < -0.39 is 0 Å². The van der Waals surface area contributed by atoms with Crippen LogP contribution in [0.2, 0.25) is 0 Å². The molecule has 3 aliphatic rings. The normalized spacial score (nSPS) is 21.6. The van der Waals surface area contributed by atoms with Crippen LogP contribution in [0.25, 0.3) is 0 Å². The lowest BCUT2D eigenvalue weighted by Crippen LogP contribution is -2.45. The van der Waals surface area contributed by atoms with Crippen LogP contribution in [0.4, 0.5) is 11.4 Å². The smallest absolute Gasteiger partial charge is 0.251 e. The Morgan fingerprint density at radius 2 is 1.61 bits per heavy atom. The SMILES string of the molecule is CN1CCN(c2cccc3c2C[C@H](NC(=O)c2ccc(N4CCC(=O)CC4)cc2)CC3)CC1. The first kappa shape index (κ1) is 22.0. The Hall–Kier alpha value is -2.86. The number of nitrogens with one attached hydrogen (secondary N) is 1. The first-order valence-electron chi connectivity index (χ1n) is 12.3. The third-order valence-electron chi connectivity index (χ3n) is 7.46. The molecule has 33 heavy (non-hydrogen) atoms. The van der Waals surface area contributed by atoms with Gasteiger partial charge in [-0.2, -0.15) is 0 Å². The molecule has 0 bridgehead atoms. The van der Waals surface area contributed by atoms with E-state index in [1.54, 1.807) is 0 Å². The molecule has 2 fully saturated rings. The van der Waals surface area contributed by atoms with Crippen LogP contribution in [0, 0.1) is 0 Å². The minimum absolute atomic E-state index is 0.000834. The predicted molar refractivity (Wildman–Crippen MR) is 132 cm³/mol. The van der Waals surface area contributed by atoms with Crippen molar-refractivity contribution >= 4 is 23.1 Å². The second-order valence-corrected chi connectivity index (χ2v) is 9.69. The number of fused-ring (bicyclic) bond motifs is 1. The minimum Gasteiger partial charge on any atom is -0.371 e. The van der Waals surface area contributed by atoms with Crippen molar-refractivity contribution in [2.75, 3.05) is 56.1 Å². The molecule has 0 spiro atoms. The van der Waals surface area contributed by atoms with Crippen LogP contribution in [0.3, 0.4) is 0 Å². The number of piperidine rings is 1. The minimum atomic E-state index is 0.000834. The fourth-order valence-corrected chi connectivity index (χ4v) is 5.34. The third-order valence-corrected chi connectivity index (χ3v) is 7.46. The Morgan fingerprint density at radius 1 is 0.879 bits per heavy atom. The lowest BCUT2D eigenvalue weighted by Gasteiger charge is -2.37. The van der Waals surface area contributed by atoms with Crippen molar-refractivity contribution in [3.8, 4) is 0 Å². The summed E-state index contributed by atoms with van der Waals surface area (Å²) >= 11 is 0. The summed E-state index contributed by atoms with van der Waals surface area (Å²) in [6, 6.07) is 14.7. The number of aryl methyl sites for hydroxylation is 1. The van der Waals surface area contributed by atoms with Crippen molar-refractivity contribution < 1.29 is 9.59 Å². The second kappa shape index (κ2) is 9.56. The van der Waals surface area contributed by atoms with Gasteiger partial charge in [-0.1, -0.05) is 12.1 Å². The van der Waals surface area contributed by atoms with Gasteiger partial charge in [-0.3, -0.25) is 9.59 Å². The van der Waals surface area contributed by atoms with Gasteiger partial charge >= 0.3 is 0 Å². The zero-order valence-corrected chi connectivity index (χ0v) is 19.6. The average molecular weight is 447 g/mol. The summed E-state index contributed by atoms with van der Waals surface area (Å²) in [6.07, 6.45) is 4.10. The van der Waals surface area contributed by atoms with Crippen molar-refractivity contribution in [3.05, 3.63) is 59.2 Å². The highest BCUT2D eigenvalue weighted by Gasteiger charge is 2.26. The lowest BCUT2D eigenvalue weighted by molar-refractivity contribution is -0.119. The number of likely N-dealkylation sites (N-methyl/N-ethyl adjacent to an activating group) is 1. The van der Waals surface area contributed by atoms with Crippen molar-refractivity contribution in [1.82, 2.24) is 10.2 Å². The summed E-state index contributed by atoms with van der Waals surface area (Å²) < 4.78 is 0. The number of amides is 1. The van der Waals surface area contributed by atoms with Gasteiger partial charge in [-0.05, 0) is 67.8 Å². The largest absolute Gasteiger partial charge is 0.371 e. The third kappa shape index (κ3) is 4.91. The monoisotopic (exact) mass is 446 g/mol.